The molecule has 6 heteroatoms. The van der Waals surface area contributed by atoms with Crippen molar-refractivity contribution in [3.8, 4) is 11.4 Å². The Labute approximate surface area is 126 Å². The van der Waals surface area contributed by atoms with Crippen LogP contribution >= 0.6 is 0 Å². The second-order valence-corrected chi connectivity index (χ2v) is 5.43. The van der Waals surface area contributed by atoms with Crippen molar-refractivity contribution in [2.24, 2.45) is 0 Å². The van der Waals surface area contributed by atoms with Gasteiger partial charge in [-0.3, -0.25) is 9.78 Å². The van der Waals surface area contributed by atoms with Crippen molar-refractivity contribution in [3.63, 3.8) is 0 Å². The maximum atomic E-state index is 11.9. The van der Waals surface area contributed by atoms with Crippen LogP contribution in [0, 0.1) is 0 Å². The van der Waals surface area contributed by atoms with E-state index in [2.05, 4.69) is 15.1 Å². The predicted octanol–water partition coefficient (Wildman–Crippen LogP) is 2.49. The van der Waals surface area contributed by atoms with Gasteiger partial charge in [0.05, 0.1) is 5.52 Å². The number of nitrogens with zero attached hydrogens (tertiary/aromatic N) is 3. The number of H-pyrrole nitrogens is 1. The smallest absolute Gasteiger partial charge is 0.189 e. The molecule has 0 aromatic carbocycles. The van der Waals surface area contributed by atoms with Crippen molar-refractivity contribution in [2.45, 2.75) is 25.5 Å². The van der Waals surface area contributed by atoms with Crippen LogP contribution in [-0.4, -0.2) is 26.4 Å². The summed E-state index contributed by atoms with van der Waals surface area (Å²) in [5.74, 6) is 0. The van der Waals surface area contributed by atoms with E-state index in [0.29, 0.717) is 16.6 Å². The van der Waals surface area contributed by atoms with E-state index >= 15 is 0 Å². The molecule has 4 rings (SSSR count). The molecule has 0 radical (unpaired) electrons. The fourth-order valence-corrected chi connectivity index (χ4v) is 2.85. The van der Waals surface area contributed by atoms with Crippen LogP contribution in [0.5, 0.6) is 0 Å². The number of ether oxygens (including phenoxy) is 1. The summed E-state index contributed by atoms with van der Waals surface area (Å²) >= 11 is 0. The van der Waals surface area contributed by atoms with Gasteiger partial charge in [0.25, 0.3) is 0 Å². The number of nitrogens with one attached hydrogen (secondary N) is 1. The summed E-state index contributed by atoms with van der Waals surface area (Å²) in [6.07, 6.45) is 8.42. The molecule has 0 aliphatic carbocycles. The Balaban J connectivity index is 1.78. The van der Waals surface area contributed by atoms with E-state index in [4.69, 9.17) is 4.74 Å². The molecule has 0 amide bonds. The standard InChI is InChI=1S/C16H16N4O2/c21-13-5-8-17-15-11(13)4-7-18-16(15)12-6-9-20(19-12)14-3-1-2-10-22-14/h4-9,14H,1-3,10H2,(H,17,21). The molecule has 1 aliphatic heterocycles. The summed E-state index contributed by atoms with van der Waals surface area (Å²) in [5.41, 5.74) is 2.11. The van der Waals surface area contributed by atoms with E-state index < -0.39 is 0 Å². The van der Waals surface area contributed by atoms with Crippen molar-refractivity contribution in [1.82, 2.24) is 19.7 Å². The lowest BCUT2D eigenvalue weighted by atomic mass is 10.2. The van der Waals surface area contributed by atoms with Gasteiger partial charge in [0.2, 0.25) is 0 Å². The monoisotopic (exact) mass is 296 g/mol. The van der Waals surface area contributed by atoms with Gasteiger partial charge in [-0.1, -0.05) is 0 Å². The number of aromatic nitrogens is 4. The van der Waals surface area contributed by atoms with Crippen molar-refractivity contribution in [2.75, 3.05) is 6.61 Å². The minimum Gasteiger partial charge on any atom is -0.359 e. The van der Waals surface area contributed by atoms with Crippen molar-refractivity contribution >= 4 is 10.9 Å². The first-order valence-corrected chi connectivity index (χ1v) is 7.46. The Morgan fingerprint density at radius 1 is 1.27 bits per heavy atom. The van der Waals surface area contributed by atoms with Crippen LogP contribution in [0.4, 0.5) is 0 Å². The van der Waals surface area contributed by atoms with Gasteiger partial charge < -0.3 is 9.72 Å². The molecule has 0 bridgehead atoms. The molecule has 1 atom stereocenters. The first kappa shape index (κ1) is 13.2. The maximum Gasteiger partial charge on any atom is 0.189 e. The molecule has 1 aliphatic rings. The van der Waals surface area contributed by atoms with Crippen LogP contribution in [0.2, 0.25) is 0 Å². The van der Waals surface area contributed by atoms with Gasteiger partial charge in [0.15, 0.2) is 5.43 Å². The summed E-state index contributed by atoms with van der Waals surface area (Å²) in [5, 5.41) is 5.21. The normalized spacial score (nSPS) is 18.6. The number of aromatic amines is 1. The van der Waals surface area contributed by atoms with Crippen LogP contribution in [0.25, 0.3) is 22.3 Å². The zero-order chi connectivity index (χ0) is 14.9. The summed E-state index contributed by atoms with van der Waals surface area (Å²) in [7, 11) is 0. The highest BCUT2D eigenvalue weighted by Gasteiger charge is 2.18. The van der Waals surface area contributed by atoms with Gasteiger partial charge in [0.1, 0.15) is 17.6 Å². The molecule has 1 fully saturated rings. The lowest BCUT2D eigenvalue weighted by Gasteiger charge is -2.22. The fraction of sp³-hybridized carbons (Fsp3) is 0.312. The van der Waals surface area contributed by atoms with Gasteiger partial charge in [-0.2, -0.15) is 5.10 Å². The Morgan fingerprint density at radius 2 is 2.23 bits per heavy atom. The Hall–Kier alpha value is -2.47. The van der Waals surface area contributed by atoms with Crippen molar-refractivity contribution in [3.05, 3.63) is 47.0 Å². The first-order valence-electron chi connectivity index (χ1n) is 7.46. The molecule has 112 valence electrons. The van der Waals surface area contributed by atoms with Gasteiger partial charge >= 0.3 is 0 Å². The minimum absolute atomic E-state index is 0.00322. The molecule has 6 nitrogen and oxygen atoms in total. The molecular formula is C16H16N4O2. The van der Waals surface area contributed by atoms with E-state index in [0.717, 1.165) is 31.6 Å². The number of fused-ring (bicyclic) bond motifs is 1. The highest BCUT2D eigenvalue weighted by molar-refractivity contribution is 5.89. The van der Waals surface area contributed by atoms with Crippen molar-refractivity contribution < 1.29 is 4.74 Å². The summed E-state index contributed by atoms with van der Waals surface area (Å²) in [6.45, 7) is 0.777. The molecule has 1 N–H and O–H groups in total. The topological polar surface area (TPSA) is 72.8 Å². The quantitative estimate of drug-likeness (QED) is 0.788. The molecule has 22 heavy (non-hydrogen) atoms. The molecule has 1 unspecified atom stereocenters. The SMILES string of the molecule is O=c1cc[nH]c2c(-c3ccn(C4CCCCO4)n3)nccc12. The Kier molecular flexibility index (Phi) is 3.23. The average Bonchev–Trinajstić information content (AvgIpc) is 3.05. The van der Waals surface area contributed by atoms with E-state index in [-0.39, 0.29) is 11.7 Å². The molecule has 0 saturated carbocycles. The number of rotatable bonds is 2. The van der Waals surface area contributed by atoms with Crippen LogP contribution in [0.15, 0.2) is 41.6 Å². The molecule has 3 aromatic heterocycles. The molecule has 1 saturated heterocycles. The zero-order valence-electron chi connectivity index (χ0n) is 12.0. The van der Waals surface area contributed by atoms with E-state index in [1.807, 2.05) is 16.9 Å². The Morgan fingerprint density at radius 3 is 3.09 bits per heavy atom. The predicted molar refractivity (Wildman–Crippen MR) is 82.4 cm³/mol. The van der Waals surface area contributed by atoms with Gasteiger partial charge in [-0.05, 0) is 31.4 Å². The lowest BCUT2D eigenvalue weighted by molar-refractivity contribution is -0.0393. The molecule has 4 heterocycles. The molecule has 3 aromatic rings. The number of hydrogen-bond acceptors (Lipinski definition) is 4. The van der Waals surface area contributed by atoms with Gasteiger partial charge in [-0.15, -0.1) is 0 Å². The Bertz CT molecular complexity index is 862. The summed E-state index contributed by atoms with van der Waals surface area (Å²) < 4.78 is 7.59. The van der Waals surface area contributed by atoms with E-state index in [1.165, 1.54) is 6.07 Å². The highest BCUT2D eigenvalue weighted by Crippen LogP contribution is 2.25. The molecular weight excluding hydrogens is 280 g/mol. The third kappa shape index (κ3) is 2.21. The summed E-state index contributed by atoms with van der Waals surface area (Å²) in [6, 6.07) is 5.14. The van der Waals surface area contributed by atoms with E-state index in [9.17, 15) is 4.79 Å². The minimum atomic E-state index is -0.0209. The van der Waals surface area contributed by atoms with E-state index in [1.54, 1.807) is 18.5 Å². The first-order chi connectivity index (χ1) is 10.8. The van der Waals surface area contributed by atoms with Crippen LogP contribution in [-0.2, 0) is 4.74 Å². The average molecular weight is 296 g/mol. The van der Waals surface area contributed by atoms with Crippen LogP contribution in [0.3, 0.4) is 0 Å². The van der Waals surface area contributed by atoms with Crippen LogP contribution < -0.4 is 5.43 Å². The summed E-state index contributed by atoms with van der Waals surface area (Å²) in [4.78, 5) is 19.4. The lowest BCUT2D eigenvalue weighted by Crippen LogP contribution is -2.18. The third-order valence-corrected chi connectivity index (χ3v) is 3.98. The second-order valence-electron chi connectivity index (χ2n) is 5.43. The largest absolute Gasteiger partial charge is 0.359 e. The van der Waals surface area contributed by atoms with Gasteiger partial charge in [-0.25, -0.2) is 4.68 Å². The maximum absolute atomic E-state index is 11.9. The fourth-order valence-electron chi connectivity index (χ4n) is 2.85. The van der Waals surface area contributed by atoms with Crippen LogP contribution in [0.1, 0.15) is 25.5 Å². The van der Waals surface area contributed by atoms with Gasteiger partial charge in [0, 0.05) is 36.7 Å². The third-order valence-electron chi connectivity index (χ3n) is 3.98. The zero-order valence-corrected chi connectivity index (χ0v) is 12.0. The number of hydrogen-bond donors (Lipinski definition) is 1. The highest BCUT2D eigenvalue weighted by atomic mass is 16.5. The number of pyridine rings is 2. The van der Waals surface area contributed by atoms with Crippen molar-refractivity contribution in [1.29, 1.82) is 0 Å². The molecule has 0 spiro atoms. The second kappa shape index (κ2) is 5.38.